The largest absolute Gasteiger partial charge is 0.381 e. The van der Waals surface area contributed by atoms with E-state index in [4.69, 9.17) is 4.74 Å². The second kappa shape index (κ2) is 5.88. The van der Waals surface area contributed by atoms with Gasteiger partial charge in [-0.25, -0.2) is 4.98 Å². The number of piperidine rings is 1. The van der Waals surface area contributed by atoms with E-state index in [9.17, 15) is 4.79 Å². The molecule has 0 radical (unpaired) electrons. The number of carbonyl (C=O) groups is 1. The minimum Gasteiger partial charge on any atom is -0.381 e. The van der Waals surface area contributed by atoms with E-state index in [1.165, 1.54) is 19.3 Å². The number of likely N-dealkylation sites (tertiary alicyclic amines) is 1. The fourth-order valence-corrected chi connectivity index (χ4v) is 4.73. The lowest BCUT2D eigenvalue weighted by Crippen LogP contribution is -2.49. The summed E-state index contributed by atoms with van der Waals surface area (Å²) in [6, 6.07) is 5.83. The highest BCUT2D eigenvalue weighted by Gasteiger charge is 2.46. The second-order valence-corrected chi connectivity index (χ2v) is 7.37. The lowest BCUT2D eigenvalue weighted by molar-refractivity contribution is -0.0295. The number of rotatable bonds is 2. The third kappa shape index (κ3) is 2.42. The summed E-state index contributed by atoms with van der Waals surface area (Å²) in [7, 11) is 3.78. The maximum atomic E-state index is 13.0. The summed E-state index contributed by atoms with van der Waals surface area (Å²) in [5.74, 6) is 0.128. The molecule has 1 aliphatic carbocycles. The van der Waals surface area contributed by atoms with Gasteiger partial charge in [0.15, 0.2) is 0 Å². The summed E-state index contributed by atoms with van der Waals surface area (Å²) in [4.78, 5) is 19.4. The molecule has 1 aromatic heterocycles. The number of nitrogens with zero attached hydrogens (tertiary/aromatic N) is 3. The SMILES string of the molecule is CO[C@@H]1CCC[C@]12CCCN(C(=O)c1ccc3c(c1)ncn3C)C2. The summed E-state index contributed by atoms with van der Waals surface area (Å²) in [5, 5.41) is 0. The number of hydrogen-bond acceptors (Lipinski definition) is 3. The number of methoxy groups -OCH3 is 1. The van der Waals surface area contributed by atoms with E-state index >= 15 is 0 Å². The molecule has 0 bridgehead atoms. The Balaban J connectivity index is 1.58. The number of aromatic nitrogens is 2. The normalized spacial score (nSPS) is 27.2. The Bertz CT molecular complexity index is 769. The van der Waals surface area contributed by atoms with E-state index in [-0.39, 0.29) is 11.3 Å². The summed E-state index contributed by atoms with van der Waals surface area (Å²) in [6.07, 6.45) is 7.84. The number of carbonyl (C=O) groups excluding carboxylic acids is 1. The van der Waals surface area contributed by atoms with Crippen LogP contribution < -0.4 is 0 Å². The summed E-state index contributed by atoms with van der Waals surface area (Å²) >= 11 is 0. The van der Waals surface area contributed by atoms with Crippen molar-refractivity contribution in [2.24, 2.45) is 12.5 Å². The molecule has 2 atom stereocenters. The molecular weight excluding hydrogens is 302 g/mol. The van der Waals surface area contributed by atoms with E-state index in [2.05, 4.69) is 4.98 Å². The Hall–Kier alpha value is -1.88. The van der Waals surface area contributed by atoms with Gasteiger partial charge in [0.05, 0.1) is 23.5 Å². The van der Waals surface area contributed by atoms with Crippen LogP contribution in [0, 0.1) is 5.41 Å². The molecule has 24 heavy (non-hydrogen) atoms. The molecule has 1 amide bonds. The third-order valence-electron chi connectivity index (χ3n) is 5.98. The smallest absolute Gasteiger partial charge is 0.253 e. The number of benzene rings is 1. The first-order valence-corrected chi connectivity index (χ1v) is 8.86. The lowest BCUT2D eigenvalue weighted by Gasteiger charge is -2.43. The molecule has 0 N–H and O–H groups in total. The molecule has 5 heteroatoms. The highest BCUT2D eigenvalue weighted by atomic mass is 16.5. The highest BCUT2D eigenvalue weighted by Crippen LogP contribution is 2.46. The first-order chi connectivity index (χ1) is 11.6. The molecular formula is C19H25N3O2. The van der Waals surface area contributed by atoms with Gasteiger partial charge in [-0.15, -0.1) is 0 Å². The molecule has 1 saturated heterocycles. The predicted molar refractivity (Wildman–Crippen MR) is 92.9 cm³/mol. The fourth-order valence-electron chi connectivity index (χ4n) is 4.73. The quantitative estimate of drug-likeness (QED) is 0.852. The van der Waals surface area contributed by atoms with Crippen LogP contribution in [-0.4, -0.2) is 46.7 Å². The van der Waals surface area contributed by atoms with Crippen LogP contribution in [0.25, 0.3) is 11.0 Å². The summed E-state index contributed by atoms with van der Waals surface area (Å²) in [6.45, 7) is 1.67. The maximum absolute atomic E-state index is 13.0. The van der Waals surface area contributed by atoms with Crippen LogP contribution in [0.1, 0.15) is 42.5 Å². The average molecular weight is 327 g/mol. The van der Waals surface area contributed by atoms with Gasteiger partial charge >= 0.3 is 0 Å². The van der Waals surface area contributed by atoms with Crippen molar-refractivity contribution in [1.29, 1.82) is 0 Å². The topological polar surface area (TPSA) is 47.4 Å². The van der Waals surface area contributed by atoms with Crippen molar-refractivity contribution in [2.75, 3.05) is 20.2 Å². The first kappa shape index (κ1) is 15.6. The van der Waals surface area contributed by atoms with Crippen molar-refractivity contribution in [3.63, 3.8) is 0 Å². The number of ether oxygens (including phenoxy) is 1. The first-order valence-electron chi connectivity index (χ1n) is 8.86. The Kier molecular flexibility index (Phi) is 3.83. The minimum atomic E-state index is 0.128. The zero-order valence-corrected chi connectivity index (χ0v) is 14.5. The van der Waals surface area contributed by atoms with Gasteiger partial charge < -0.3 is 14.2 Å². The number of amides is 1. The van der Waals surface area contributed by atoms with E-state index in [1.807, 2.05) is 41.8 Å². The molecule has 5 nitrogen and oxygen atoms in total. The zero-order valence-electron chi connectivity index (χ0n) is 14.5. The van der Waals surface area contributed by atoms with Crippen LogP contribution in [0.3, 0.4) is 0 Å². The number of aryl methyl sites for hydroxylation is 1. The molecule has 1 saturated carbocycles. The van der Waals surface area contributed by atoms with Gasteiger partial charge in [0, 0.05) is 38.2 Å². The number of hydrogen-bond donors (Lipinski definition) is 0. The Labute approximate surface area is 142 Å². The van der Waals surface area contributed by atoms with Crippen molar-refractivity contribution in [3.05, 3.63) is 30.1 Å². The van der Waals surface area contributed by atoms with Gasteiger partial charge in [0.25, 0.3) is 5.91 Å². The van der Waals surface area contributed by atoms with Gasteiger partial charge in [0.1, 0.15) is 0 Å². The zero-order chi connectivity index (χ0) is 16.7. The van der Waals surface area contributed by atoms with E-state index < -0.39 is 0 Å². The average Bonchev–Trinajstić information content (AvgIpc) is 3.17. The van der Waals surface area contributed by atoms with Gasteiger partial charge in [0.2, 0.25) is 0 Å². The van der Waals surface area contributed by atoms with Crippen molar-refractivity contribution in [3.8, 4) is 0 Å². The van der Waals surface area contributed by atoms with Crippen LogP contribution in [0.5, 0.6) is 0 Å². The van der Waals surface area contributed by atoms with Gasteiger partial charge in [-0.3, -0.25) is 4.79 Å². The number of imidazole rings is 1. The molecule has 1 aliphatic heterocycles. The van der Waals surface area contributed by atoms with Crippen LogP contribution >= 0.6 is 0 Å². The van der Waals surface area contributed by atoms with E-state index in [0.29, 0.717) is 6.10 Å². The van der Waals surface area contributed by atoms with Crippen molar-refractivity contribution in [2.45, 2.75) is 38.2 Å². The van der Waals surface area contributed by atoms with E-state index in [1.54, 1.807) is 6.33 Å². The van der Waals surface area contributed by atoms with Crippen LogP contribution in [0.4, 0.5) is 0 Å². The molecule has 2 aromatic rings. The van der Waals surface area contributed by atoms with Crippen LogP contribution in [-0.2, 0) is 11.8 Å². The van der Waals surface area contributed by atoms with Crippen LogP contribution in [0.15, 0.2) is 24.5 Å². The molecule has 2 fully saturated rings. The lowest BCUT2D eigenvalue weighted by atomic mass is 9.76. The van der Waals surface area contributed by atoms with Crippen molar-refractivity contribution < 1.29 is 9.53 Å². The van der Waals surface area contributed by atoms with Crippen molar-refractivity contribution in [1.82, 2.24) is 14.5 Å². The van der Waals surface area contributed by atoms with Gasteiger partial charge in [-0.2, -0.15) is 0 Å². The fraction of sp³-hybridized carbons (Fsp3) is 0.579. The van der Waals surface area contributed by atoms with E-state index in [0.717, 1.165) is 42.5 Å². The standard InChI is InChI=1S/C19H25N3O2/c1-21-13-20-15-11-14(6-7-16(15)21)18(23)22-10-4-9-19(12-22)8-3-5-17(19)24-2/h6-7,11,13,17H,3-5,8-10,12H2,1-2H3/t17-,19-/m1/s1. The predicted octanol–water partition coefficient (Wildman–Crippen LogP) is 2.99. The Morgan fingerprint density at radius 3 is 3.00 bits per heavy atom. The molecule has 1 spiro atoms. The molecule has 128 valence electrons. The van der Waals surface area contributed by atoms with Gasteiger partial charge in [-0.1, -0.05) is 6.42 Å². The van der Waals surface area contributed by atoms with Crippen molar-refractivity contribution >= 4 is 16.9 Å². The third-order valence-corrected chi connectivity index (χ3v) is 5.98. The summed E-state index contributed by atoms with van der Waals surface area (Å²) < 4.78 is 7.72. The molecule has 2 aliphatic rings. The monoisotopic (exact) mass is 327 g/mol. The Morgan fingerprint density at radius 2 is 2.17 bits per heavy atom. The molecule has 1 aromatic carbocycles. The minimum absolute atomic E-state index is 0.128. The highest BCUT2D eigenvalue weighted by molar-refractivity contribution is 5.97. The van der Waals surface area contributed by atoms with Crippen LogP contribution in [0.2, 0.25) is 0 Å². The second-order valence-electron chi connectivity index (χ2n) is 7.37. The van der Waals surface area contributed by atoms with Gasteiger partial charge in [-0.05, 0) is 43.9 Å². The molecule has 2 heterocycles. The molecule has 4 rings (SSSR count). The summed E-state index contributed by atoms with van der Waals surface area (Å²) in [5.41, 5.74) is 2.84. The molecule has 0 unspecified atom stereocenters. The Morgan fingerprint density at radius 1 is 1.33 bits per heavy atom. The maximum Gasteiger partial charge on any atom is 0.253 e. The number of fused-ring (bicyclic) bond motifs is 1.